The molecule has 12 heavy (non-hydrogen) atoms. The van der Waals surface area contributed by atoms with Gasteiger partial charge in [-0.15, -0.1) is 11.6 Å². The third-order valence-electron chi connectivity index (χ3n) is 1.94. The molecule has 0 saturated carbocycles. The molecule has 0 spiro atoms. The molecule has 3 atom stereocenters. The van der Waals surface area contributed by atoms with E-state index in [1.807, 2.05) is 0 Å². The van der Waals surface area contributed by atoms with Crippen LogP contribution in [0.2, 0.25) is 0 Å². The van der Waals surface area contributed by atoms with Crippen molar-refractivity contribution in [2.45, 2.75) is 30.6 Å². The quantitative estimate of drug-likeness (QED) is 0.597. The number of hydrogen-bond donors (Lipinski definition) is 1. The van der Waals surface area contributed by atoms with Gasteiger partial charge >= 0.3 is 6.18 Å². The predicted octanol–water partition coefficient (Wildman–Crippen LogP) is 1.36. The first-order valence-electron chi connectivity index (χ1n) is 3.54. The van der Waals surface area contributed by atoms with Crippen molar-refractivity contribution >= 4 is 11.6 Å². The van der Waals surface area contributed by atoms with Crippen LogP contribution in [0.15, 0.2) is 0 Å². The lowest BCUT2D eigenvalue weighted by Gasteiger charge is -2.23. The lowest BCUT2D eigenvalue weighted by Crippen LogP contribution is -2.45. The van der Waals surface area contributed by atoms with Gasteiger partial charge in [0.15, 0.2) is 0 Å². The van der Waals surface area contributed by atoms with Gasteiger partial charge in [-0.1, -0.05) is 0 Å². The summed E-state index contributed by atoms with van der Waals surface area (Å²) in [5, 5.41) is 0.0949. The third kappa shape index (κ3) is 1.67. The highest BCUT2D eigenvalue weighted by Gasteiger charge is 2.52. The summed E-state index contributed by atoms with van der Waals surface area (Å²) in [7, 11) is 1.34. The fraction of sp³-hybridized carbons (Fsp3) is 1.00. The largest absolute Gasteiger partial charge is 0.406 e. The lowest BCUT2D eigenvalue weighted by atomic mass is 10.1. The highest BCUT2D eigenvalue weighted by atomic mass is 35.5. The van der Waals surface area contributed by atoms with E-state index in [1.54, 1.807) is 6.92 Å². The van der Waals surface area contributed by atoms with Crippen molar-refractivity contribution in [3.05, 3.63) is 0 Å². The Morgan fingerprint density at radius 1 is 1.42 bits per heavy atom. The first kappa shape index (κ1) is 10.1. The number of alkyl halides is 4. The molecule has 0 radical (unpaired) electrons. The Kier molecular flexibility index (Phi) is 2.56. The minimum atomic E-state index is -4.26. The maximum absolute atomic E-state index is 12.3. The van der Waals surface area contributed by atoms with Crippen LogP contribution in [0, 0.1) is 0 Å². The minimum absolute atomic E-state index is 0.344. The van der Waals surface area contributed by atoms with Gasteiger partial charge in [0.1, 0.15) is 6.04 Å². The van der Waals surface area contributed by atoms with Crippen molar-refractivity contribution in [2.75, 3.05) is 7.05 Å². The maximum Gasteiger partial charge on any atom is 0.406 e. The molecule has 1 N–H and O–H groups in total. The molecule has 1 fully saturated rings. The Bertz CT molecular complexity index is 173. The number of rotatable bonds is 0. The van der Waals surface area contributed by atoms with Gasteiger partial charge in [0.05, 0.1) is 5.38 Å². The number of nitrogens with one attached hydrogen (secondary N) is 1. The van der Waals surface area contributed by atoms with Gasteiger partial charge in [-0.25, -0.2) is 5.01 Å². The van der Waals surface area contributed by atoms with Crippen LogP contribution in [0.25, 0.3) is 0 Å². The average molecular weight is 203 g/mol. The molecule has 6 heteroatoms. The zero-order valence-electron chi connectivity index (χ0n) is 6.69. The van der Waals surface area contributed by atoms with E-state index in [2.05, 4.69) is 5.43 Å². The van der Waals surface area contributed by atoms with E-state index in [1.165, 1.54) is 7.05 Å². The van der Waals surface area contributed by atoms with Gasteiger partial charge in [0.25, 0.3) is 0 Å². The van der Waals surface area contributed by atoms with Crippen molar-refractivity contribution in [1.29, 1.82) is 0 Å². The fourth-order valence-corrected chi connectivity index (χ4v) is 1.73. The van der Waals surface area contributed by atoms with Crippen LogP contribution in [0.5, 0.6) is 0 Å². The highest BCUT2D eigenvalue weighted by molar-refractivity contribution is 6.21. The number of halogens is 4. The molecule has 0 amide bonds. The van der Waals surface area contributed by atoms with Gasteiger partial charge in [-0.05, 0) is 6.92 Å². The molecule has 2 nitrogen and oxygen atoms in total. The summed E-state index contributed by atoms with van der Waals surface area (Å²) in [4.78, 5) is 0. The van der Waals surface area contributed by atoms with E-state index < -0.39 is 17.6 Å². The lowest BCUT2D eigenvalue weighted by molar-refractivity contribution is -0.175. The molecular formula is C6H10ClF3N2. The molecule has 0 aliphatic carbocycles. The maximum atomic E-state index is 12.3. The molecule has 1 aliphatic heterocycles. The van der Waals surface area contributed by atoms with E-state index >= 15 is 0 Å². The second-order valence-electron chi connectivity index (χ2n) is 2.96. The van der Waals surface area contributed by atoms with Crippen LogP contribution in [0.3, 0.4) is 0 Å². The van der Waals surface area contributed by atoms with Gasteiger partial charge < -0.3 is 0 Å². The Morgan fingerprint density at radius 2 is 1.92 bits per heavy atom. The fourth-order valence-electron chi connectivity index (χ4n) is 1.36. The summed E-state index contributed by atoms with van der Waals surface area (Å²) >= 11 is 5.58. The number of hydrogen-bond acceptors (Lipinski definition) is 2. The molecule has 1 saturated heterocycles. The van der Waals surface area contributed by atoms with Gasteiger partial charge in [-0.3, -0.25) is 5.43 Å². The number of hydrazine groups is 1. The Morgan fingerprint density at radius 3 is 2.08 bits per heavy atom. The normalized spacial score (nSPS) is 39.0. The summed E-state index contributed by atoms with van der Waals surface area (Å²) in [6.45, 7) is 1.62. The van der Waals surface area contributed by atoms with E-state index in [4.69, 9.17) is 11.6 Å². The minimum Gasteiger partial charge on any atom is -0.250 e. The topological polar surface area (TPSA) is 15.3 Å². The van der Waals surface area contributed by atoms with Gasteiger partial charge in [0, 0.05) is 13.1 Å². The van der Waals surface area contributed by atoms with Crippen LogP contribution >= 0.6 is 11.6 Å². The van der Waals surface area contributed by atoms with Gasteiger partial charge in [0.2, 0.25) is 0 Å². The van der Waals surface area contributed by atoms with Crippen LogP contribution in [-0.4, -0.2) is 35.7 Å². The van der Waals surface area contributed by atoms with Crippen molar-refractivity contribution in [1.82, 2.24) is 10.4 Å². The second kappa shape index (κ2) is 3.05. The first-order valence-corrected chi connectivity index (χ1v) is 3.97. The molecule has 1 aliphatic rings. The SMILES string of the molecule is CC1NN(C)C(C(F)(F)F)C1Cl. The zero-order valence-corrected chi connectivity index (χ0v) is 7.45. The van der Waals surface area contributed by atoms with E-state index in [0.717, 1.165) is 5.01 Å². The standard InChI is InChI=1S/C6H10ClF3N2/c1-3-4(7)5(6(8,9)10)12(2)11-3/h3-5,11H,1-2H3. The highest BCUT2D eigenvalue weighted by Crippen LogP contribution is 2.33. The number of nitrogens with zero attached hydrogens (tertiary/aromatic N) is 1. The Balaban J connectivity index is 2.77. The van der Waals surface area contributed by atoms with Crippen LogP contribution in [0.4, 0.5) is 13.2 Å². The van der Waals surface area contributed by atoms with Crippen LogP contribution in [-0.2, 0) is 0 Å². The second-order valence-corrected chi connectivity index (χ2v) is 3.46. The average Bonchev–Trinajstić information content (AvgIpc) is 2.05. The van der Waals surface area contributed by atoms with Gasteiger partial charge in [-0.2, -0.15) is 13.2 Å². The summed E-state index contributed by atoms with van der Waals surface area (Å²) in [5.41, 5.74) is 2.60. The van der Waals surface area contributed by atoms with Crippen molar-refractivity contribution in [2.24, 2.45) is 0 Å². The molecule has 0 aromatic heterocycles. The van der Waals surface area contributed by atoms with Crippen LogP contribution in [0.1, 0.15) is 6.92 Å². The zero-order chi connectivity index (χ0) is 9.52. The Hall–Kier alpha value is -0.0000000000000000555. The molecule has 0 bridgehead atoms. The van der Waals surface area contributed by atoms with E-state index in [-0.39, 0.29) is 6.04 Å². The summed E-state index contributed by atoms with van der Waals surface area (Å²) in [6, 6.07) is -1.93. The first-order chi connectivity index (χ1) is 5.34. The molecule has 1 heterocycles. The van der Waals surface area contributed by atoms with Crippen molar-refractivity contribution in [3.63, 3.8) is 0 Å². The van der Waals surface area contributed by atoms with Crippen molar-refractivity contribution in [3.8, 4) is 0 Å². The molecule has 1 rings (SSSR count). The smallest absolute Gasteiger partial charge is 0.250 e. The molecule has 3 unspecified atom stereocenters. The van der Waals surface area contributed by atoms with E-state index in [0.29, 0.717) is 0 Å². The third-order valence-corrected chi connectivity index (χ3v) is 2.56. The molecular weight excluding hydrogens is 193 g/mol. The molecule has 0 aromatic rings. The van der Waals surface area contributed by atoms with Crippen molar-refractivity contribution < 1.29 is 13.2 Å². The monoisotopic (exact) mass is 202 g/mol. The predicted molar refractivity (Wildman–Crippen MR) is 39.8 cm³/mol. The summed E-state index contributed by atoms with van der Waals surface area (Å²) in [5.74, 6) is 0. The van der Waals surface area contributed by atoms with Crippen LogP contribution < -0.4 is 5.43 Å². The molecule has 72 valence electrons. The molecule has 0 aromatic carbocycles. The van der Waals surface area contributed by atoms with E-state index in [9.17, 15) is 13.2 Å². The summed E-state index contributed by atoms with van der Waals surface area (Å²) in [6.07, 6.45) is -4.26. The summed E-state index contributed by atoms with van der Waals surface area (Å²) < 4.78 is 36.8. The Labute approximate surface area is 73.6 Å².